The Kier molecular flexibility index (Phi) is 5.56. The van der Waals surface area contributed by atoms with Crippen LogP contribution in [0.4, 0.5) is 5.69 Å². The van der Waals surface area contributed by atoms with Crippen LogP contribution in [0, 0.1) is 5.92 Å². The predicted molar refractivity (Wildman–Crippen MR) is 83.5 cm³/mol. The zero-order valence-corrected chi connectivity index (χ0v) is 13.0. The average molecular weight is 291 g/mol. The summed E-state index contributed by atoms with van der Waals surface area (Å²) in [6.45, 7) is 7.47. The molecule has 1 fully saturated rings. The summed E-state index contributed by atoms with van der Waals surface area (Å²) < 4.78 is 0. The van der Waals surface area contributed by atoms with Gasteiger partial charge in [-0.05, 0) is 44.7 Å². The molecule has 2 heterocycles. The summed E-state index contributed by atoms with van der Waals surface area (Å²) >= 11 is 0. The molecule has 0 aromatic carbocycles. The number of aromatic nitrogens is 1. The summed E-state index contributed by atoms with van der Waals surface area (Å²) in [6.07, 6.45) is 3.71. The van der Waals surface area contributed by atoms with Crippen LogP contribution in [0.25, 0.3) is 0 Å². The molecule has 5 nitrogen and oxygen atoms in total. The van der Waals surface area contributed by atoms with E-state index in [0.717, 1.165) is 31.6 Å². The van der Waals surface area contributed by atoms with Crippen LogP contribution in [0.2, 0.25) is 0 Å². The number of rotatable bonds is 5. The van der Waals surface area contributed by atoms with Crippen molar-refractivity contribution in [3.8, 4) is 0 Å². The van der Waals surface area contributed by atoms with Gasteiger partial charge in [-0.2, -0.15) is 0 Å². The molecule has 5 heteroatoms. The van der Waals surface area contributed by atoms with Crippen LogP contribution in [0.3, 0.4) is 0 Å². The topological polar surface area (TPSA) is 56.7 Å². The lowest BCUT2D eigenvalue weighted by molar-refractivity contribution is 0.0767. The number of hydrogen-bond acceptors (Lipinski definition) is 4. The Hall–Kier alpha value is -1.62. The summed E-state index contributed by atoms with van der Waals surface area (Å²) in [5.74, 6) is 0.409. The van der Waals surface area contributed by atoms with E-state index in [2.05, 4.69) is 9.88 Å². The SMILES string of the molecule is CCN(CC)C(=O)c1cc(N2CCC(CO)CC2)ccn1. The Balaban J connectivity index is 2.09. The second kappa shape index (κ2) is 7.41. The van der Waals surface area contributed by atoms with E-state index in [-0.39, 0.29) is 12.5 Å². The molecule has 0 atom stereocenters. The lowest BCUT2D eigenvalue weighted by Gasteiger charge is -2.33. The molecule has 1 aliphatic heterocycles. The number of hydrogen-bond donors (Lipinski definition) is 1. The van der Waals surface area contributed by atoms with Gasteiger partial charge in [-0.1, -0.05) is 0 Å². The lowest BCUT2D eigenvalue weighted by Crippen LogP contribution is -2.35. The number of aliphatic hydroxyl groups is 1. The Morgan fingerprint density at radius 2 is 2.05 bits per heavy atom. The van der Waals surface area contributed by atoms with Crippen molar-refractivity contribution in [1.29, 1.82) is 0 Å². The zero-order chi connectivity index (χ0) is 15.2. The van der Waals surface area contributed by atoms with Crippen molar-refractivity contribution in [2.45, 2.75) is 26.7 Å². The molecular weight excluding hydrogens is 266 g/mol. The fourth-order valence-electron chi connectivity index (χ4n) is 2.78. The fraction of sp³-hybridized carbons (Fsp3) is 0.625. The molecule has 2 rings (SSSR count). The molecule has 0 bridgehead atoms. The third-order valence-corrected chi connectivity index (χ3v) is 4.25. The third kappa shape index (κ3) is 3.73. The summed E-state index contributed by atoms with van der Waals surface area (Å²) in [5, 5.41) is 9.20. The van der Waals surface area contributed by atoms with Crippen LogP contribution in [-0.2, 0) is 0 Å². The first kappa shape index (κ1) is 15.8. The molecule has 0 unspecified atom stereocenters. The number of aliphatic hydroxyl groups excluding tert-OH is 1. The molecule has 1 N–H and O–H groups in total. The van der Waals surface area contributed by atoms with Crippen LogP contribution in [0.5, 0.6) is 0 Å². The largest absolute Gasteiger partial charge is 0.396 e. The Morgan fingerprint density at radius 1 is 1.38 bits per heavy atom. The molecule has 1 amide bonds. The number of anilines is 1. The number of nitrogens with zero attached hydrogens (tertiary/aromatic N) is 3. The van der Waals surface area contributed by atoms with E-state index < -0.39 is 0 Å². The van der Waals surface area contributed by atoms with Gasteiger partial charge in [0.2, 0.25) is 0 Å². The van der Waals surface area contributed by atoms with Crippen molar-refractivity contribution in [1.82, 2.24) is 9.88 Å². The highest BCUT2D eigenvalue weighted by Gasteiger charge is 2.20. The first-order valence-electron chi connectivity index (χ1n) is 7.80. The van der Waals surface area contributed by atoms with Crippen molar-refractivity contribution in [3.05, 3.63) is 24.0 Å². The van der Waals surface area contributed by atoms with E-state index in [1.807, 2.05) is 26.0 Å². The molecule has 0 radical (unpaired) electrons. The molecule has 21 heavy (non-hydrogen) atoms. The van der Waals surface area contributed by atoms with Crippen LogP contribution >= 0.6 is 0 Å². The van der Waals surface area contributed by atoms with Gasteiger partial charge in [0.15, 0.2) is 0 Å². The molecule has 1 aromatic heterocycles. The standard InChI is InChI=1S/C16H25N3O2/c1-3-18(4-2)16(21)15-11-14(5-8-17-15)19-9-6-13(12-20)7-10-19/h5,8,11,13,20H,3-4,6-7,9-10,12H2,1-2H3. The van der Waals surface area contributed by atoms with Crippen molar-refractivity contribution >= 4 is 11.6 Å². The number of carbonyl (C=O) groups is 1. The van der Waals surface area contributed by atoms with Crippen molar-refractivity contribution in [3.63, 3.8) is 0 Å². The molecule has 116 valence electrons. The number of pyridine rings is 1. The molecule has 1 saturated heterocycles. The fourth-order valence-corrected chi connectivity index (χ4v) is 2.78. The molecule has 0 saturated carbocycles. The van der Waals surface area contributed by atoms with Gasteiger partial charge in [-0.15, -0.1) is 0 Å². The first-order chi connectivity index (χ1) is 10.2. The summed E-state index contributed by atoms with van der Waals surface area (Å²) in [5.41, 5.74) is 1.57. The number of carbonyl (C=O) groups excluding carboxylic acids is 1. The lowest BCUT2D eigenvalue weighted by atomic mass is 9.97. The normalized spacial score (nSPS) is 16.0. The highest BCUT2D eigenvalue weighted by Crippen LogP contribution is 2.23. The molecule has 1 aliphatic rings. The monoisotopic (exact) mass is 291 g/mol. The van der Waals surface area contributed by atoms with Gasteiger partial charge >= 0.3 is 0 Å². The smallest absolute Gasteiger partial charge is 0.272 e. The van der Waals surface area contributed by atoms with Gasteiger partial charge in [0, 0.05) is 44.7 Å². The van der Waals surface area contributed by atoms with Crippen molar-refractivity contribution < 1.29 is 9.90 Å². The maximum atomic E-state index is 12.4. The maximum absolute atomic E-state index is 12.4. The van der Waals surface area contributed by atoms with Gasteiger partial charge in [-0.3, -0.25) is 9.78 Å². The predicted octanol–water partition coefficient (Wildman–Crippen LogP) is 1.77. The Morgan fingerprint density at radius 3 is 2.62 bits per heavy atom. The second-order valence-corrected chi connectivity index (χ2v) is 5.49. The quantitative estimate of drug-likeness (QED) is 0.898. The van der Waals surface area contributed by atoms with Crippen LogP contribution < -0.4 is 4.90 Å². The van der Waals surface area contributed by atoms with E-state index >= 15 is 0 Å². The van der Waals surface area contributed by atoms with E-state index in [0.29, 0.717) is 24.7 Å². The molecule has 0 aliphatic carbocycles. The average Bonchev–Trinajstić information content (AvgIpc) is 2.56. The Labute approximate surface area is 126 Å². The van der Waals surface area contributed by atoms with Gasteiger partial charge in [0.1, 0.15) is 5.69 Å². The van der Waals surface area contributed by atoms with E-state index in [9.17, 15) is 9.90 Å². The minimum Gasteiger partial charge on any atom is -0.396 e. The molecule has 1 aromatic rings. The zero-order valence-electron chi connectivity index (χ0n) is 13.0. The minimum absolute atomic E-state index is 0.00732. The highest BCUT2D eigenvalue weighted by molar-refractivity contribution is 5.93. The third-order valence-electron chi connectivity index (χ3n) is 4.25. The minimum atomic E-state index is -0.00732. The van der Waals surface area contributed by atoms with Gasteiger partial charge in [-0.25, -0.2) is 0 Å². The number of amides is 1. The summed E-state index contributed by atoms with van der Waals surface area (Å²) in [4.78, 5) is 20.6. The van der Waals surface area contributed by atoms with Crippen LogP contribution in [0.15, 0.2) is 18.3 Å². The number of piperidine rings is 1. The summed E-state index contributed by atoms with van der Waals surface area (Å²) in [6, 6.07) is 3.85. The first-order valence-corrected chi connectivity index (χ1v) is 7.80. The van der Waals surface area contributed by atoms with Gasteiger partial charge in [0.25, 0.3) is 5.91 Å². The van der Waals surface area contributed by atoms with Crippen LogP contribution in [-0.4, -0.2) is 53.7 Å². The summed E-state index contributed by atoms with van der Waals surface area (Å²) in [7, 11) is 0. The highest BCUT2D eigenvalue weighted by atomic mass is 16.3. The second-order valence-electron chi connectivity index (χ2n) is 5.49. The van der Waals surface area contributed by atoms with E-state index in [4.69, 9.17) is 0 Å². The van der Waals surface area contributed by atoms with Crippen molar-refractivity contribution in [2.24, 2.45) is 5.92 Å². The maximum Gasteiger partial charge on any atom is 0.272 e. The van der Waals surface area contributed by atoms with E-state index in [1.54, 1.807) is 11.1 Å². The van der Waals surface area contributed by atoms with E-state index in [1.165, 1.54) is 0 Å². The van der Waals surface area contributed by atoms with Crippen LogP contribution in [0.1, 0.15) is 37.2 Å². The van der Waals surface area contributed by atoms with Gasteiger partial charge < -0.3 is 14.9 Å². The van der Waals surface area contributed by atoms with Gasteiger partial charge in [0.05, 0.1) is 0 Å². The molecule has 0 spiro atoms. The molecular formula is C16H25N3O2. The van der Waals surface area contributed by atoms with Crippen molar-refractivity contribution in [2.75, 3.05) is 37.7 Å². The Bertz CT molecular complexity index is 466.